The second-order valence-corrected chi connectivity index (χ2v) is 7.52. The van der Waals surface area contributed by atoms with Crippen LogP contribution in [0.4, 0.5) is 0 Å². The number of benzene rings is 1. The number of carbonyl (C=O) groups is 2. The highest BCUT2D eigenvalue weighted by molar-refractivity contribution is 5.98. The summed E-state index contributed by atoms with van der Waals surface area (Å²) >= 11 is 0. The first-order valence-corrected chi connectivity index (χ1v) is 9.56. The molecule has 26 heavy (non-hydrogen) atoms. The summed E-state index contributed by atoms with van der Waals surface area (Å²) < 4.78 is 0. The summed E-state index contributed by atoms with van der Waals surface area (Å²) in [5.74, 6) is 1.13. The predicted molar refractivity (Wildman–Crippen MR) is 109 cm³/mol. The highest BCUT2D eigenvalue weighted by Crippen LogP contribution is 2.23. The molecule has 1 aliphatic heterocycles. The lowest BCUT2D eigenvalue weighted by molar-refractivity contribution is -0.132. The van der Waals surface area contributed by atoms with Gasteiger partial charge in [-0.3, -0.25) is 9.59 Å². The van der Waals surface area contributed by atoms with E-state index < -0.39 is 0 Å². The Labute approximate surface area is 164 Å². The highest BCUT2D eigenvalue weighted by atomic mass is 35.5. The third kappa shape index (κ3) is 6.73. The number of likely N-dealkylation sites (tertiary alicyclic amines) is 1. The third-order valence-corrected chi connectivity index (χ3v) is 4.92. The smallest absolute Gasteiger partial charge is 0.222 e. The summed E-state index contributed by atoms with van der Waals surface area (Å²) in [5, 5.41) is 3.06. The minimum atomic E-state index is 0. The fraction of sp³-hybridized carbons (Fsp3) is 0.619. The van der Waals surface area contributed by atoms with Crippen LogP contribution in [0.15, 0.2) is 24.3 Å². The molecule has 0 spiro atoms. The predicted octanol–water partition coefficient (Wildman–Crippen LogP) is 3.73. The molecule has 1 aromatic rings. The first-order valence-electron chi connectivity index (χ1n) is 9.56. The monoisotopic (exact) mass is 380 g/mol. The van der Waals surface area contributed by atoms with Gasteiger partial charge in [-0.2, -0.15) is 0 Å². The van der Waals surface area contributed by atoms with E-state index in [0.717, 1.165) is 37.8 Å². The van der Waals surface area contributed by atoms with Crippen LogP contribution in [0.1, 0.15) is 55.5 Å². The number of nitrogens with zero attached hydrogens (tertiary/aromatic N) is 1. The molecule has 0 aliphatic carbocycles. The quantitative estimate of drug-likeness (QED) is 0.552. The lowest BCUT2D eigenvalue weighted by Gasteiger charge is -2.31. The first kappa shape index (κ1) is 22.7. The zero-order valence-electron chi connectivity index (χ0n) is 16.3. The summed E-state index contributed by atoms with van der Waals surface area (Å²) in [4.78, 5) is 26.8. The van der Waals surface area contributed by atoms with E-state index in [2.05, 4.69) is 31.3 Å². The first-order chi connectivity index (χ1) is 12.0. The minimum Gasteiger partial charge on any atom is -0.343 e. The molecule has 1 aromatic carbocycles. The molecule has 1 saturated heterocycles. The number of rotatable bonds is 8. The van der Waals surface area contributed by atoms with Gasteiger partial charge in [0.25, 0.3) is 0 Å². The molecule has 5 heteroatoms. The van der Waals surface area contributed by atoms with Gasteiger partial charge in [0, 0.05) is 31.0 Å². The number of piperidine rings is 1. The second-order valence-electron chi connectivity index (χ2n) is 7.52. The van der Waals surface area contributed by atoms with E-state index >= 15 is 0 Å². The van der Waals surface area contributed by atoms with E-state index in [1.165, 1.54) is 5.56 Å². The van der Waals surface area contributed by atoms with Crippen molar-refractivity contribution >= 4 is 24.1 Å². The standard InChI is InChI=1S/C21H32N2O2.ClH/c1-16(2)15-17-6-8-18(9-7-17)21(25)19-10-13-23(14-11-19)20(24)5-4-12-22-3;/h6-9,16,19,22H,4-5,10-15H2,1-3H3;1H. The second kappa shape index (κ2) is 11.3. The number of carbonyl (C=O) groups excluding carboxylic acids is 2. The number of hydrogen-bond acceptors (Lipinski definition) is 3. The summed E-state index contributed by atoms with van der Waals surface area (Å²) in [6.45, 7) is 6.69. The van der Waals surface area contributed by atoms with Gasteiger partial charge in [-0.25, -0.2) is 0 Å². The van der Waals surface area contributed by atoms with Gasteiger partial charge >= 0.3 is 0 Å². The number of hydrogen-bond donors (Lipinski definition) is 1. The molecule has 1 heterocycles. The van der Waals surface area contributed by atoms with Crippen LogP contribution in [0.2, 0.25) is 0 Å². The molecule has 0 saturated carbocycles. The minimum absolute atomic E-state index is 0. The largest absolute Gasteiger partial charge is 0.343 e. The summed E-state index contributed by atoms with van der Waals surface area (Å²) in [6.07, 6.45) is 4.07. The van der Waals surface area contributed by atoms with Crippen molar-refractivity contribution in [3.8, 4) is 0 Å². The van der Waals surface area contributed by atoms with E-state index in [4.69, 9.17) is 0 Å². The Morgan fingerprint density at radius 3 is 2.31 bits per heavy atom. The number of nitrogens with one attached hydrogen (secondary N) is 1. The summed E-state index contributed by atoms with van der Waals surface area (Å²) in [5.41, 5.74) is 2.10. The van der Waals surface area contributed by atoms with Gasteiger partial charge in [-0.15, -0.1) is 12.4 Å². The molecule has 4 nitrogen and oxygen atoms in total. The molecule has 2 rings (SSSR count). The van der Waals surface area contributed by atoms with Crippen LogP contribution >= 0.6 is 12.4 Å². The number of ketones is 1. The van der Waals surface area contributed by atoms with Crippen molar-refractivity contribution < 1.29 is 9.59 Å². The fourth-order valence-corrected chi connectivity index (χ4v) is 3.48. The van der Waals surface area contributed by atoms with Gasteiger partial charge in [0.15, 0.2) is 5.78 Å². The number of halogens is 1. The van der Waals surface area contributed by atoms with Crippen LogP contribution < -0.4 is 5.32 Å². The van der Waals surface area contributed by atoms with Crippen molar-refractivity contribution in [1.82, 2.24) is 10.2 Å². The third-order valence-electron chi connectivity index (χ3n) is 4.92. The molecule has 1 fully saturated rings. The van der Waals surface area contributed by atoms with E-state index in [1.54, 1.807) is 0 Å². The zero-order chi connectivity index (χ0) is 18.2. The number of amides is 1. The van der Waals surface area contributed by atoms with Crippen LogP contribution in [0, 0.1) is 11.8 Å². The van der Waals surface area contributed by atoms with Crippen LogP contribution in [-0.2, 0) is 11.2 Å². The maximum absolute atomic E-state index is 12.7. The summed E-state index contributed by atoms with van der Waals surface area (Å²) in [6, 6.07) is 8.09. The molecule has 0 atom stereocenters. The zero-order valence-corrected chi connectivity index (χ0v) is 17.1. The Morgan fingerprint density at radius 2 is 1.77 bits per heavy atom. The van der Waals surface area contributed by atoms with Gasteiger partial charge in [0.1, 0.15) is 0 Å². The molecular formula is C21H33ClN2O2. The lowest BCUT2D eigenvalue weighted by Crippen LogP contribution is -2.40. The van der Waals surface area contributed by atoms with E-state index in [9.17, 15) is 9.59 Å². The molecule has 0 unspecified atom stereocenters. The van der Waals surface area contributed by atoms with Crippen LogP contribution in [-0.4, -0.2) is 43.3 Å². The molecule has 1 N–H and O–H groups in total. The Kier molecular flexibility index (Phi) is 9.89. The average Bonchev–Trinajstić information content (AvgIpc) is 2.61. The Hall–Kier alpha value is -1.39. The molecule has 0 bridgehead atoms. The van der Waals surface area contributed by atoms with Crippen LogP contribution in [0.25, 0.3) is 0 Å². The Bertz CT molecular complexity index is 564. The van der Waals surface area contributed by atoms with E-state index in [1.807, 2.05) is 24.1 Å². The van der Waals surface area contributed by atoms with Gasteiger partial charge in [-0.05, 0) is 50.8 Å². The summed E-state index contributed by atoms with van der Waals surface area (Å²) in [7, 11) is 1.90. The van der Waals surface area contributed by atoms with Crippen LogP contribution in [0.5, 0.6) is 0 Å². The maximum Gasteiger partial charge on any atom is 0.222 e. The molecule has 1 amide bonds. The molecule has 0 aromatic heterocycles. The molecule has 0 radical (unpaired) electrons. The van der Waals surface area contributed by atoms with Crippen molar-refractivity contribution in [3.63, 3.8) is 0 Å². The van der Waals surface area contributed by atoms with Crippen molar-refractivity contribution in [1.29, 1.82) is 0 Å². The van der Waals surface area contributed by atoms with Crippen LogP contribution in [0.3, 0.4) is 0 Å². The van der Waals surface area contributed by atoms with Gasteiger partial charge < -0.3 is 10.2 Å². The van der Waals surface area contributed by atoms with Gasteiger partial charge in [0.05, 0.1) is 0 Å². The maximum atomic E-state index is 12.7. The van der Waals surface area contributed by atoms with Gasteiger partial charge in [0.2, 0.25) is 5.91 Å². The average molecular weight is 381 g/mol. The Morgan fingerprint density at radius 1 is 1.15 bits per heavy atom. The molecule has 146 valence electrons. The normalized spacial score (nSPS) is 15.0. The van der Waals surface area contributed by atoms with E-state index in [0.29, 0.717) is 25.4 Å². The van der Waals surface area contributed by atoms with Crippen molar-refractivity contribution in [2.24, 2.45) is 11.8 Å². The van der Waals surface area contributed by atoms with Crippen molar-refractivity contribution in [2.45, 2.75) is 46.0 Å². The van der Waals surface area contributed by atoms with Gasteiger partial charge in [-0.1, -0.05) is 38.1 Å². The topological polar surface area (TPSA) is 49.4 Å². The SMILES string of the molecule is CNCCCC(=O)N1CCC(C(=O)c2ccc(CC(C)C)cc2)CC1.Cl. The van der Waals surface area contributed by atoms with E-state index in [-0.39, 0.29) is 30.0 Å². The van der Waals surface area contributed by atoms with Crippen molar-refractivity contribution in [3.05, 3.63) is 35.4 Å². The fourth-order valence-electron chi connectivity index (χ4n) is 3.48. The molecular weight excluding hydrogens is 348 g/mol. The Balaban J connectivity index is 0.00000338. The lowest BCUT2D eigenvalue weighted by atomic mass is 9.88. The van der Waals surface area contributed by atoms with Crippen molar-refractivity contribution in [2.75, 3.05) is 26.7 Å². The molecule has 1 aliphatic rings. The number of Topliss-reactive ketones (excluding diaryl/α,β-unsaturated/α-hetero) is 1. The highest BCUT2D eigenvalue weighted by Gasteiger charge is 2.27.